The molecule has 2 aliphatic heterocycles. The maximum atomic E-state index is 12.4. The van der Waals surface area contributed by atoms with Crippen molar-refractivity contribution in [2.45, 2.75) is 58.2 Å². The Kier molecular flexibility index (Phi) is 5.01. The van der Waals surface area contributed by atoms with Gasteiger partial charge < -0.3 is 10.2 Å². The second-order valence-electron chi connectivity index (χ2n) is 7.58. The predicted molar refractivity (Wildman–Crippen MR) is 104 cm³/mol. The van der Waals surface area contributed by atoms with Gasteiger partial charge in [-0.3, -0.25) is 9.36 Å². The van der Waals surface area contributed by atoms with E-state index in [-0.39, 0.29) is 18.1 Å². The fourth-order valence-electron chi connectivity index (χ4n) is 4.07. The Balaban J connectivity index is 1.39. The fourth-order valence-corrected chi connectivity index (χ4v) is 4.07. The monoisotopic (exact) mass is 369 g/mol. The normalized spacial score (nSPS) is 16.4. The number of anilines is 1. The number of nitrogens with one attached hydrogen (secondary N) is 1. The van der Waals surface area contributed by atoms with Gasteiger partial charge in [0.05, 0.1) is 0 Å². The highest BCUT2D eigenvalue weighted by Crippen LogP contribution is 2.26. The smallest absolute Gasteiger partial charge is 0.346 e. The highest BCUT2D eigenvalue weighted by Gasteiger charge is 2.17. The van der Waals surface area contributed by atoms with E-state index >= 15 is 0 Å². The average Bonchev–Trinajstić information content (AvgIpc) is 2.83. The van der Waals surface area contributed by atoms with Crippen LogP contribution in [-0.2, 0) is 37.3 Å². The Labute approximate surface area is 159 Å². The number of fused-ring (bicyclic) bond motifs is 2. The molecular weight excluding hydrogens is 342 g/mol. The van der Waals surface area contributed by atoms with Crippen LogP contribution in [0.3, 0.4) is 0 Å². The largest absolute Gasteiger partial charge is 0.374 e. The van der Waals surface area contributed by atoms with Crippen molar-refractivity contribution in [1.29, 1.82) is 0 Å². The molecule has 144 valence electrons. The Hall–Kier alpha value is -2.57. The van der Waals surface area contributed by atoms with Crippen molar-refractivity contribution >= 4 is 11.6 Å². The lowest BCUT2D eigenvalue weighted by Gasteiger charge is -2.27. The summed E-state index contributed by atoms with van der Waals surface area (Å²) in [4.78, 5) is 27.1. The minimum atomic E-state index is -0.180. The van der Waals surface area contributed by atoms with Crippen LogP contribution in [0.2, 0.25) is 0 Å². The average molecular weight is 369 g/mol. The molecule has 0 saturated carbocycles. The summed E-state index contributed by atoms with van der Waals surface area (Å²) in [6, 6.07) is 6.37. The molecule has 3 heterocycles. The number of rotatable bonds is 4. The summed E-state index contributed by atoms with van der Waals surface area (Å²) >= 11 is 0. The van der Waals surface area contributed by atoms with E-state index in [0.29, 0.717) is 13.1 Å². The number of carbonyl (C=O) groups is 1. The summed E-state index contributed by atoms with van der Waals surface area (Å²) in [5.41, 5.74) is 3.54. The predicted octanol–water partition coefficient (Wildman–Crippen LogP) is 1.47. The van der Waals surface area contributed by atoms with Crippen LogP contribution < -0.4 is 15.9 Å². The number of aryl methyl sites for hydroxylation is 2. The number of amides is 1. The summed E-state index contributed by atoms with van der Waals surface area (Å²) in [7, 11) is 2.11. The molecule has 0 fully saturated rings. The van der Waals surface area contributed by atoms with E-state index < -0.39 is 0 Å². The molecule has 4 rings (SSSR count). The van der Waals surface area contributed by atoms with Gasteiger partial charge in [-0.2, -0.15) is 5.10 Å². The van der Waals surface area contributed by atoms with Crippen molar-refractivity contribution in [2.75, 3.05) is 18.5 Å². The third-order valence-electron chi connectivity index (χ3n) is 5.56. The number of aromatic nitrogens is 3. The first-order valence-electron chi connectivity index (χ1n) is 9.88. The van der Waals surface area contributed by atoms with Gasteiger partial charge in [0.1, 0.15) is 12.4 Å². The fraction of sp³-hybridized carbons (Fsp3) is 0.550. The molecule has 1 amide bonds. The maximum Gasteiger partial charge on any atom is 0.346 e. The SMILES string of the molecule is CN1CCCc2cc(CNC(=O)Cn3nc4n(c3=O)CCCCC4)ccc21. The van der Waals surface area contributed by atoms with Crippen molar-refractivity contribution in [3.8, 4) is 0 Å². The molecule has 0 saturated heterocycles. The van der Waals surface area contributed by atoms with Gasteiger partial charge in [-0.15, -0.1) is 0 Å². The van der Waals surface area contributed by atoms with E-state index in [0.717, 1.165) is 56.5 Å². The lowest BCUT2D eigenvalue weighted by molar-refractivity contribution is -0.122. The topological polar surface area (TPSA) is 72.2 Å². The van der Waals surface area contributed by atoms with Crippen LogP contribution in [0.5, 0.6) is 0 Å². The Bertz CT molecular complexity index is 898. The summed E-state index contributed by atoms with van der Waals surface area (Å²) in [5, 5.41) is 7.30. The number of hydrogen-bond donors (Lipinski definition) is 1. The van der Waals surface area contributed by atoms with Crippen molar-refractivity contribution in [2.24, 2.45) is 0 Å². The van der Waals surface area contributed by atoms with E-state index in [4.69, 9.17) is 0 Å². The molecule has 0 unspecified atom stereocenters. The zero-order valence-corrected chi connectivity index (χ0v) is 15.9. The molecule has 7 heteroatoms. The molecule has 7 nitrogen and oxygen atoms in total. The number of hydrogen-bond acceptors (Lipinski definition) is 4. The summed E-state index contributed by atoms with van der Waals surface area (Å²) in [5.74, 6) is 0.629. The van der Waals surface area contributed by atoms with Gasteiger partial charge in [0, 0.05) is 38.8 Å². The highest BCUT2D eigenvalue weighted by atomic mass is 16.2. The molecule has 0 spiro atoms. The molecular formula is C20H27N5O2. The third kappa shape index (κ3) is 3.77. The van der Waals surface area contributed by atoms with Gasteiger partial charge in [0.25, 0.3) is 0 Å². The minimum absolute atomic E-state index is 0.0213. The van der Waals surface area contributed by atoms with E-state index in [2.05, 4.69) is 40.6 Å². The minimum Gasteiger partial charge on any atom is -0.374 e. The van der Waals surface area contributed by atoms with Gasteiger partial charge in [-0.25, -0.2) is 9.48 Å². The Morgan fingerprint density at radius 3 is 2.93 bits per heavy atom. The molecule has 0 aliphatic carbocycles. The summed E-state index contributed by atoms with van der Waals surface area (Å²) < 4.78 is 3.03. The maximum absolute atomic E-state index is 12.4. The van der Waals surface area contributed by atoms with Crippen LogP contribution in [0.4, 0.5) is 5.69 Å². The molecule has 0 bridgehead atoms. The molecule has 2 aliphatic rings. The van der Waals surface area contributed by atoms with Crippen molar-refractivity contribution in [3.63, 3.8) is 0 Å². The van der Waals surface area contributed by atoms with Gasteiger partial charge in [-0.1, -0.05) is 18.6 Å². The van der Waals surface area contributed by atoms with Crippen LogP contribution in [-0.4, -0.2) is 33.8 Å². The van der Waals surface area contributed by atoms with Crippen LogP contribution in [0.15, 0.2) is 23.0 Å². The second kappa shape index (κ2) is 7.58. The molecule has 1 aromatic carbocycles. The first-order chi connectivity index (χ1) is 13.1. The van der Waals surface area contributed by atoms with E-state index in [9.17, 15) is 9.59 Å². The Morgan fingerprint density at radius 1 is 1.15 bits per heavy atom. The van der Waals surface area contributed by atoms with Crippen molar-refractivity contribution < 1.29 is 4.79 Å². The van der Waals surface area contributed by atoms with Gasteiger partial charge in [0.2, 0.25) is 5.91 Å². The first kappa shape index (κ1) is 17.8. The van der Waals surface area contributed by atoms with Crippen molar-refractivity contribution in [1.82, 2.24) is 19.7 Å². The number of carbonyl (C=O) groups excluding carboxylic acids is 1. The highest BCUT2D eigenvalue weighted by molar-refractivity contribution is 5.75. The van der Waals surface area contributed by atoms with E-state index in [1.165, 1.54) is 15.9 Å². The zero-order valence-electron chi connectivity index (χ0n) is 15.9. The van der Waals surface area contributed by atoms with Gasteiger partial charge in [0.15, 0.2) is 0 Å². The standard InChI is InChI=1S/C20H27N5O2/c1-23-10-5-6-16-12-15(8-9-17(16)23)13-21-19(26)14-25-20(27)24-11-4-2-3-7-18(24)22-25/h8-9,12H,2-7,10-11,13-14H2,1H3,(H,21,26). The number of nitrogens with zero attached hydrogens (tertiary/aromatic N) is 4. The second-order valence-corrected chi connectivity index (χ2v) is 7.58. The van der Waals surface area contributed by atoms with Crippen LogP contribution >= 0.6 is 0 Å². The van der Waals surface area contributed by atoms with Crippen LogP contribution in [0.25, 0.3) is 0 Å². The molecule has 0 atom stereocenters. The lowest BCUT2D eigenvalue weighted by Crippen LogP contribution is -2.33. The molecule has 2 aromatic rings. The Morgan fingerprint density at radius 2 is 2.04 bits per heavy atom. The van der Waals surface area contributed by atoms with E-state index in [1.807, 2.05) is 0 Å². The molecule has 27 heavy (non-hydrogen) atoms. The number of benzene rings is 1. The van der Waals surface area contributed by atoms with Gasteiger partial charge >= 0.3 is 5.69 Å². The van der Waals surface area contributed by atoms with Crippen LogP contribution in [0, 0.1) is 0 Å². The quantitative estimate of drug-likeness (QED) is 0.886. The zero-order chi connectivity index (χ0) is 18.8. The first-order valence-corrected chi connectivity index (χ1v) is 9.88. The summed E-state index contributed by atoms with van der Waals surface area (Å²) in [6.45, 7) is 2.25. The van der Waals surface area contributed by atoms with Gasteiger partial charge in [-0.05, 0) is 42.9 Å². The summed E-state index contributed by atoms with van der Waals surface area (Å²) in [6.07, 6.45) is 6.23. The van der Waals surface area contributed by atoms with Crippen LogP contribution in [0.1, 0.15) is 42.6 Å². The van der Waals surface area contributed by atoms with Crippen molar-refractivity contribution in [3.05, 3.63) is 45.6 Å². The molecule has 1 aromatic heterocycles. The molecule has 0 radical (unpaired) electrons. The lowest BCUT2D eigenvalue weighted by atomic mass is 9.99. The van der Waals surface area contributed by atoms with E-state index in [1.54, 1.807) is 4.57 Å². The molecule has 1 N–H and O–H groups in total. The third-order valence-corrected chi connectivity index (χ3v) is 5.56.